The van der Waals surface area contributed by atoms with Crippen molar-refractivity contribution in [3.8, 4) is 0 Å². The topological polar surface area (TPSA) is 67.0 Å². The molecule has 0 aliphatic carbocycles. The van der Waals surface area contributed by atoms with Gasteiger partial charge in [0.25, 0.3) is 5.56 Å². The number of aromatic amines is 1. The third-order valence-corrected chi connectivity index (χ3v) is 2.59. The van der Waals surface area contributed by atoms with Crippen LogP contribution in [0.1, 0.15) is 31.8 Å². The van der Waals surface area contributed by atoms with Crippen molar-refractivity contribution in [2.75, 3.05) is 20.3 Å². The lowest BCUT2D eigenvalue weighted by Crippen LogP contribution is -2.22. The van der Waals surface area contributed by atoms with Gasteiger partial charge < -0.3 is 15.0 Å². The molecule has 1 aromatic heterocycles. The van der Waals surface area contributed by atoms with Crippen LogP contribution in [0.4, 0.5) is 0 Å². The molecular formula is C13H23N3O2. The molecule has 5 nitrogen and oxygen atoms in total. The minimum Gasteiger partial charge on any atom is -0.383 e. The third-order valence-electron chi connectivity index (χ3n) is 2.59. The predicted molar refractivity (Wildman–Crippen MR) is 71.6 cm³/mol. The Morgan fingerprint density at radius 1 is 1.50 bits per heavy atom. The minimum atomic E-state index is -0.0766. The van der Waals surface area contributed by atoms with Crippen LogP contribution in [0, 0.1) is 5.92 Å². The van der Waals surface area contributed by atoms with Gasteiger partial charge in [0.15, 0.2) is 0 Å². The Labute approximate surface area is 108 Å². The fraction of sp³-hybridized carbons (Fsp3) is 0.692. The Bertz CT molecular complexity index is 401. The van der Waals surface area contributed by atoms with E-state index in [2.05, 4.69) is 29.1 Å². The van der Waals surface area contributed by atoms with Gasteiger partial charge in [0, 0.05) is 32.7 Å². The van der Waals surface area contributed by atoms with Crippen LogP contribution in [0.25, 0.3) is 0 Å². The van der Waals surface area contributed by atoms with Gasteiger partial charge in [-0.3, -0.25) is 4.79 Å². The van der Waals surface area contributed by atoms with Gasteiger partial charge in [-0.1, -0.05) is 13.8 Å². The highest BCUT2D eigenvalue weighted by Gasteiger charge is 2.03. The molecule has 102 valence electrons. The molecule has 0 aliphatic heterocycles. The van der Waals surface area contributed by atoms with Gasteiger partial charge in [-0.25, -0.2) is 4.98 Å². The van der Waals surface area contributed by atoms with E-state index in [0.717, 1.165) is 30.9 Å². The smallest absolute Gasteiger partial charge is 0.251 e. The summed E-state index contributed by atoms with van der Waals surface area (Å²) in [7, 11) is 1.66. The summed E-state index contributed by atoms with van der Waals surface area (Å²) in [6.45, 7) is 6.33. The average Bonchev–Trinajstić information content (AvgIpc) is 2.32. The fourth-order valence-electron chi connectivity index (χ4n) is 1.59. The maximum atomic E-state index is 11.5. The first kappa shape index (κ1) is 14.9. The van der Waals surface area contributed by atoms with Gasteiger partial charge in [-0.05, 0) is 12.3 Å². The zero-order valence-corrected chi connectivity index (χ0v) is 11.5. The Morgan fingerprint density at radius 3 is 2.94 bits per heavy atom. The zero-order valence-electron chi connectivity index (χ0n) is 11.5. The van der Waals surface area contributed by atoms with E-state index in [0.29, 0.717) is 19.1 Å². The number of aryl methyl sites for hydroxylation is 1. The van der Waals surface area contributed by atoms with E-state index in [1.807, 2.05) is 0 Å². The van der Waals surface area contributed by atoms with E-state index in [9.17, 15) is 4.79 Å². The summed E-state index contributed by atoms with van der Waals surface area (Å²) in [5, 5.41) is 3.18. The summed E-state index contributed by atoms with van der Waals surface area (Å²) in [5.41, 5.74) is 0.709. The molecule has 0 aliphatic rings. The van der Waals surface area contributed by atoms with E-state index in [-0.39, 0.29) is 5.56 Å². The molecule has 0 radical (unpaired) electrons. The van der Waals surface area contributed by atoms with Crippen LogP contribution in [0.5, 0.6) is 0 Å². The largest absolute Gasteiger partial charge is 0.383 e. The van der Waals surface area contributed by atoms with Crippen LogP contribution in [0.3, 0.4) is 0 Å². The van der Waals surface area contributed by atoms with Gasteiger partial charge >= 0.3 is 0 Å². The maximum Gasteiger partial charge on any atom is 0.251 e. The van der Waals surface area contributed by atoms with E-state index >= 15 is 0 Å². The predicted octanol–water partition coefficient (Wildman–Crippen LogP) is 1.09. The monoisotopic (exact) mass is 253 g/mol. The van der Waals surface area contributed by atoms with Gasteiger partial charge in [-0.15, -0.1) is 0 Å². The van der Waals surface area contributed by atoms with Crippen molar-refractivity contribution in [2.24, 2.45) is 5.92 Å². The van der Waals surface area contributed by atoms with Gasteiger partial charge in [0.05, 0.1) is 12.3 Å². The van der Waals surface area contributed by atoms with Gasteiger partial charge in [0.1, 0.15) is 5.82 Å². The number of hydrogen-bond donors (Lipinski definition) is 2. The summed E-state index contributed by atoms with van der Waals surface area (Å²) in [6.07, 6.45) is 1.85. The van der Waals surface area contributed by atoms with Crippen molar-refractivity contribution in [1.29, 1.82) is 0 Å². The van der Waals surface area contributed by atoms with E-state index in [1.165, 1.54) is 0 Å². The zero-order chi connectivity index (χ0) is 13.4. The van der Waals surface area contributed by atoms with Crippen LogP contribution < -0.4 is 10.9 Å². The molecule has 1 rings (SSSR count). The Hall–Kier alpha value is -1.20. The van der Waals surface area contributed by atoms with E-state index in [4.69, 9.17) is 4.74 Å². The fourth-order valence-corrected chi connectivity index (χ4v) is 1.59. The summed E-state index contributed by atoms with van der Waals surface area (Å²) < 4.78 is 4.94. The average molecular weight is 253 g/mol. The molecule has 0 saturated carbocycles. The first-order valence-electron chi connectivity index (χ1n) is 6.40. The molecule has 0 bridgehead atoms. The number of rotatable bonds is 8. The van der Waals surface area contributed by atoms with Gasteiger partial charge in [-0.2, -0.15) is 0 Å². The molecule has 0 saturated heterocycles. The Morgan fingerprint density at radius 2 is 2.28 bits per heavy atom. The van der Waals surface area contributed by atoms with Crippen molar-refractivity contribution in [2.45, 2.75) is 33.2 Å². The highest BCUT2D eigenvalue weighted by atomic mass is 16.5. The van der Waals surface area contributed by atoms with Crippen molar-refractivity contribution < 1.29 is 4.74 Å². The summed E-state index contributed by atoms with van der Waals surface area (Å²) in [6, 6.07) is 1.54. The quantitative estimate of drug-likeness (QED) is 0.681. The number of ether oxygens (including phenoxy) is 1. The van der Waals surface area contributed by atoms with E-state index < -0.39 is 0 Å². The normalized spacial score (nSPS) is 11.1. The standard InChI is InChI=1S/C13H23N3O2/c1-10(2)4-5-12-15-11(8-13(17)16-12)9-14-6-7-18-3/h8,10,14H,4-7,9H2,1-3H3,(H,15,16,17). The molecule has 0 unspecified atom stereocenters. The lowest BCUT2D eigenvalue weighted by atomic mass is 10.1. The molecule has 5 heteroatoms. The molecule has 0 spiro atoms. The molecular weight excluding hydrogens is 230 g/mol. The highest BCUT2D eigenvalue weighted by Crippen LogP contribution is 2.04. The van der Waals surface area contributed by atoms with Crippen molar-refractivity contribution in [3.63, 3.8) is 0 Å². The number of methoxy groups -OCH3 is 1. The summed E-state index contributed by atoms with van der Waals surface area (Å²) in [4.78, 5) is 18.7. The minimum absolute atomic E-state index is 0.0766. The van der Waals surface area contributed by atoms with Gasteiger partial charge in [0.2, 0.25) is 0 Å². The Balaban J connectivity index is 2.54. The molecule has 1 heterocycles. The maximum absolute atomic E-state index is 11.5. The van der Waals surface area contributed by atoms with Crippen molar-refractivity contribution in [1.82, 2.24) is 15.3 Å². The molecule has 0 aromatic carbocycles. The lowest BCUT2D eigenvalue weighted by Gasteiger charge is -2.07. The first-order chi connectivity index (χ1) is 8.61. The second-order valence-corrected chi connectivity index (χ2v) is 4.79. The first-order valence-corrected chi connectivity index (χ1v) is 6.40. The number of aromatic nitrogens is 2. The Kier molecular flexibility index (Phi) is 6.60. The molecule has 0 fully saturated rings. The molecule has 18 heavy (non-hydrogen) atoms. The second-order valence-electron chi connectivity index (χ2n) is 4.79. The van der Waals surface area contributed by atoms with Crippen molar-refractivity contribution >= 4 is 0 Å². The number of H-pyrrole nitrogens is 1. The molecule has 2 N–H and O–H groups in total. The highest BCUT2D eigenvalue weighted by molar-refractivity contribution is 5.02. The SMILES string of the molecule is COCCNCc1cc(=O)[nH]c(CCC(C)C)n1. The summed E-state index contributed by atoms with van der Waals surface area (Å²) >= 11 is 0. The van der Waals surface area contributed by atoms with Crippen LogP contribution >= 0.6 is 0 Å². The third kappa shape index (κ3) is 5.93. The number of nitrogens with zero attached hydrogens (tertiary/aromatic N) is 1. The van der Waals surface area contributed by atoms with E-state index in [1.54, 1.807) is 13.2 Å². The van der Waals surface area contributed by atoms with Crippen LogP contribution in [0.15, 0.2) is 10.9 Å². The lowest BCUT2D eigenvalue weighted by molar-refractivity contribution is 0.199. The molecule has 0 atom stereocenters. The van der Waals surface area contributed by atoms with Crippen LogP contribution in [-0.4, -0.2) is 30.2 Å². The molecule has 1 aromatic rings. The van der Waals surface area contributed by atoms with Crippen molar-refractivity contribution in [3.05, 3.63) is 27.9 Å². The van der Waals surface area contributed by atoms with Crippen LogP contribution in [0.2, 0.25) is 0 Å². The summed E-state index contributed by atoms with van der Waals surface area (Å²) in [5.74, 6) is 1.39. The second kappa shape index (κ2) is 8.00. The number of nitrogens with one attached hydrogen (secondary N) is 2. The molecule has 0 amide bonds. The van der Waals surface area contributed by atoms with Crippen LogP contribution in [-0.2, 0) is 17.7 Å². The number of hydrogen-bond acceptors (Lipinski definition) is 4.